The van der Waals surface area contributed by atoms with Crippen molar-refractivity contribution in [1.82, 2.24) is 0 Å². The Morgan fingerprint density at radius 2 is 1.90 bits per heavy atom. The van der Waals surface area contributed by atoms with Crippen LogP contribution in [0.4, 0.5) is 0 Å². The maximum absolute atomic E-state index is 9.44. The molecule has 0 saturated carbocycles. The van der Waals surface area contributed by atoms with Crippen LogP contribution in [0.15, 0.2) is 11.6 Å². The monoisotopic (exact) mass is 301 g/mol. The quantitative estimate of drug-likeness (QED) is 0.417. The second kappa shape index (κ2) is 7.65. The number of diazo groups is 1. The maximum Gasteiger partial charge on any atom is 0.440 e. The number of aliphatic hydroxyl groups excluding tert-OH is 1. The van der Waals surface area contributed by atoms with E-state index in [1.807, 2.05) is 0 Å². The highest BCUT2D eigenvalue weighted by molar-refractivity contribution is 6.74. The second-order valence-corrected chi connectivity index (χ2v) is 11.3. The molecule has 0 rings (SSSR count). The molecule has 0 radical (unpaired) electrons. The van der Waals surface area contributed by atoms with Gasteiger partial charge in [-0.2, -0.15) is 0 Å². The summed E-state index contributed by atoms with van der Waals surface area (Å²) < 4.78 is 11.0. The van der Waals surface area contributed by atoms with Crippen molar-refractivity contribution in [2.75, 3.05) is 7.11 Å². The first kappa shape index (κ1) is 18.9. The van der Waals surface area contributed by atoms with Crippen molar-refractivity contribution in [2.24, 2.45) is 0 Å². The summed E-state index contributed by atoms with van der Waals surface area (Å²) in [5.41, 5.74) is 0.157. The van der Waals surface area contributed by atoms with Gasteiger partial charge >= 0.3 is 11.6 Å². The number of hydrogen-bond donors (Lipinski definition) is 1. The van der Waals surface area contributed by atoms with E-state index in [1.165, 1.54) is 7.11 Å². The Morgan fingerprint density at radius 3 is 2.25 bits per heavy atom. The maximum atomic E-state index is 9.44. The molecule has 0 fully saturated rings. The number of methoxy groups -OCH3 is 1. The third kappa shape index (κ3) is 5.51. The number of ether oxygens (including phenoxy) is 1. The van der Waals surface area contributed by atoms with Gasteiger partial charge in [-0.15, -0.1) is 0 Å². The first-order valence-corrected chi connectivity index (χ1v) is 9.98. The lowest BCUT2D eigenvalue weighted by Crippen LogP contribution is -2.43. The molecule has 6 heteroatoms. The number of hydrogen-bond acceptors (Lipinski definition) is 4. The van der Waals surface area contributed by atoms with E-state index in [9.17, 15) is 5.11 Å². The van der Waals surface area contributed by atoms with Gasteiger partial charge in [-0.1, -0.05) is 27.7 Å². The zero-order valence-corrected chi connectivity index (χ0v) is 14.9. The van der Waals surface area contributed by atoms with Crippen LogP contribution in [0.5, 0.6) is 0 Å². The standard InChI is InChI=1S/C14H28N2O3Si/c1-8-11(19-20(6,7)14(2,3)4)9-10-12(16-15)13(17)18-5/h11H,8-10H2,1-7H3/p+1/b13-12-. The van der Waals surface area contributed by atoms with Gasteiger partial charge in [0, 0.05) is 6.10 Å². The second-order valence-electron chi connectivity index (χ2n) is 6.50. The Labute approximate surface area is 123 Å². The Bertz CT molecular complexity index is 381. The van der Waals surface area contributed by atoms with Crippen molar-refractivity contribution in [2.45, 2.75) is 71.2 Å². The number of rotatable bonds is 7. The van der Waals surface area contributed by atoms with Crippen molar-refractivity contribution in [3.63, 3.8) is 0 Å². The molecule has 0 aromatic heterocycles. The van der Waals surface area contributed by atoms with E-state index in [0.717, 1.165) is 6.42 Å². The summed E-state index contributed by atoms with van der Waals surface area (Å²) in [7, 11) is -0.472. The van der Waals surface area contributed by atoms with E-state index < -0.39 is 8.32 Å². The predicted molar refractivity (Wildman–Crippen MR) is 83.3 cm³/mol. The van der Waals surface area contributed by atoms with Crippen molar-refractivity contribution < 1.29 is 14.3 Å². The number of aliphatic hydroxyl groups is 1. The molecule has 0 bridgehead atoms. The molecule has 1 unspecified atom stereocenters. The zero-order valence-electron chi connectivity index (χ0n) is 13.9. The summed E-state index contributed by atoms with van der Waals surface area (Å²) in [5.74, 6) is -0.338. The lowest BCUT2D eigenvalue weighted by molar-refractivity contribution is 0.128. The van der Waals surface area contributed by atoms with Gasteiger partial charge in [0.1, 0.15) is 0 Å². The fraction of sp³-hybridized carbons (Fsp3) is 0.857. The van der Waals surface area contributed by atoms with Gasteiger partial charge in [0.2, 0.25) is 5.39 Å². The molecule has 0 aromatic rings. The zero-order chi connectivity index (χ0) is 16.0. The summed E-state index contributed by atoms with van der Waals surface area (Å²) in [6.45, 7) is 13.1. The molecule has 0 spiro atoms. The van der Waals surface area contributed by atoms with Gasteiger partial charge in [-0.3, -0.25) is 0 Å². The van der Waals surface area contributed by atoms with Gasteiger partial charge in [-0.25, -0.2) is 0 Å². The van der Waals surface area contributed by atoms with Crippen LogP contribution in [0.25, 0.3) is 4.98 Å². The number of allylic oxidation sites excluding steroid dienone is 1. The highest BCUT2D eigenvalue weighted by Crippen LogP contribution is 2.38. The summed E-state index contributed by atoms with van der Waals surface area (Å²) in [5, 5.41) is 18.5. The van der Waals surface area contributed by atoms with E-state index in [1.54, 1.807) is 0 Å². The topological polar surface area (TPSA) is 66.8 Å². The predicted octanol–water partition coefficient (Wildman–Crippen LogP) is 4.79. The highest BCUT2D eigenvalue weighted by Gasteiger charge is 2.39. The van der Waals surface area contributed by atoms with Crippen LogP contribution in [-0.4, -0.2) is 26.6 Å². The highest BCUT2D eigenvalue weighted by atomic mass is 28.4. The number of nitrogens with zero attached hydrogens (tertiary/aromatic N) is 2. The van der Waals surface area contributed by atoms with E-state index in [2.05, 4.69) is 50.5 Å². The molecule has 0 aromatic carbocycles. The van der Waals surface area contributed by atoms with Crippen LogP contribution in [0, 0.1) is 5.39 Å². The van der Waals surface area contributed by atoms with Crippen LogP contribution >= 0.6 is 0 Å². The largest absolute Gasteiger partial charge is 0.475 e. The van der Waals surface area contributed by atoms with Gasteiger partial charge in [0.25, 0.3) is 0 Å². The first-order valence-electron chi connectivity index (χ1n) is 7.08. The normalized spacial score (nSPS) is 15.3. The van der Waals surface area contributed by atoms with Crippen LogP contribution in [0.2, 0.25) is 18.1 Å². The average Bonchev–Trinajstić information content (AvgIpc) is 2.35. The lowest BCUT2D eigenvalue weighted by Gasteiger charge is -2.39. The smallest absolute Gasteiger partial charge is 0.440 e. The van der Waals surface area contributed by atoms with Crippen molar-refractivity contribution in [3.05, 3.63) is 16.6 Å². The minimum absolute atomic E-state index is 0.0947. The molecule has 20 heavy (non-hydrogen) atoms. The Morgan fingerprint density at radius 1 is 1.35 bits per heavy atom. The van der Waals surface area contributed by atoms with Crippen molar-refractivity contribution in [1.29, 1.82) is 5.39 Å². The van der Waals surface area contributed by atoms with Crippen LogP contribution < -0.4 is 0 Å². The van der Waals surface area contributed by atoms with Crippen LogP contribution in [0.3, 0.4) is 0 Å². The van der Waals surface area contributed by atoms with Gasteiger partial charge < -0.3 is 14.3 Å². The molecule has 0 saturated heterocycles. The molecule has 1 atom stereocenters. The summed E-state index contributed by atoms with van der Waals surface area (Å²) in [6.07, 6.45) is 2.09. The molecular weight excluding hydrogens is 272 g/mol. The molecule has 0 aliphatic heterocycles. The van der Waals surface area contributed by atoms with Crippen molar-refractivity contribution >= 4 is 8.32 Å². The van der Waals surface area contributed by atoms with Crippen LogP contribution in [0.1, 0.15) is 47.0 Å². The molecule has 0 heterocycles. The Balaban J connectivity index is 4.71. The van der Waals surface area contributed by atoms with E-state index in [-0.39, 0.29) is 22.8 Å². The van der Waals surface area contributed by atoms with Gasteiger partial charge in [0.05, 0.1) is 13.5 Å². The summed E-state index contributed by atoms with van der Waals surface area (Å²) in [6, 6.07) is 0. The Hall–Kier alpha value is -1.06. The third-order valence-electron chi connectivity index (χ3n) is 3.99. The van der Waals surface area contributed by atoms with Gasteiger partial charge in [0.15, 0.2) is 13.3 Å². The first-order chi connectivity index (χ1) is 9.09. The van der Waals surface area contributed by atoms with Crippen molar-refractivity contribution in [3.8, 4) is 0 Å². The summed E-state index contributed by atoms with van der Waals surface area (Å²) >= 11 is 0. The minimum atomic E-state index is -1.81. The molecule has 1 N–H and O–H groups in total. The fourth-order valence-electron chi connectivity index (χ4n) is 1.56. The minimum Gasteiger partial charge on any atom is -0.475 e. The molecule has 0 aliphatic carbocycles. The van der Waals surface area contributed by atoms with Crippen LogP contribution in [-0.2, 0) is 9.16 Å². The molecule has 116 valence electrons. The molecular formula is C14H29N2O3Si+. The van der Waals surface area contributed by atoms with E-state index in [0.29, 0.717) is 12.8 Å². The molecule has 0 amide bonds. The third-order valence-corrected chi connectivity index (χ3v) is 8.52. The molecule has 0 aliphatic rings. The Kier molecular flexibility index (Phi) is 7.24. The lowest BCUT2D eigenvalue weighted by atomic mass is 10.1. The summed E-state index contributed by atoms with van der Waals surface area (Å²) in [4.78, 5) is 3.07. The fourth-order valence-corrected chi connectivity index (χ4v) is 3.03. The van der Waals surface area contributed by atoms with E-state index in [4.69, 9.17) is 9.82 Å². The molecule has 5 nitrogen and oxygen atoms in total. The average molecular weight is 301 g/mol. The van der Waals surface area contributed by atoms with E-state index >= 15 is 0 Å². The SMILES string of the molecule is CCC(CC/C([N+]#N)=C(\O)OC)O[Si](C)(C)C(C)(C)C. The van der Waals surface area contributed by atoms with Gasteiger partial charge in [-0.05, 0) is 31.0 Å².